The Kier molecular flexibility index (Phi) is 6.81. The summed E-state index contributed by atoms with van der Waals surface area (Å²) in [4.78, 5) is 17.4. The number of carbonyl (C=O) groups is 1. The Balaban J connectivity index is 1.76. The number of piperidine rings is 1. The molecule has 1 heterocycles. The highest BCUT2D eigenvalue weighted by Crippen LogP contribution is 2.46. The van der Waals surface area contributed by atoms with Gasteiger partial charge < -0.3 is 10.5 Å². The van der Waals surface area contributed by atoms with Crippen LogP contribution in [0, 0.1) is 17.0 Å². The Hall–Kier alpha value is -3.08. The van der Waals surface area contributed by atoms with Crippen LogP contribution < -0.4 is 5.73 Å². The van der Waals surface area contributed by atoms with Crippen molar-refractivity contribution in [2.75, 3.05) is 20.2 Å². The molecule has 1 atom stereocenters. The SMILES string of the molecule is COC(=O)[C@]12C/C(=C/N)C(=Nc3ccc(F)cc3)C=C1CCN(S(=O)(=O)c1ccc(Cl)c(F)c1)C2. The van der Waals surface area contributed by atoms with Gasteiger partial charge >= 0.3 is 5.97 Å². The van der Waals surface area contributed by atoms with Gasteiger partial charge in [0.2, 0.25) is 10.0 Å². The molecule has 1 fully saturated rings. The first kappa shape index (κ1) is 25.0. The maximum Gasteiger partial charge on any atom is 0.317 e. The monoisotopic (exact) mass is 521 g/mol. The molecule has 0 saturated carbocycles. The fourth-order valence-corrected chi connectivity index (χ4v) is 6.01. The van der Waals surface area contributed by atoms with Crippen molar-refractivity contribution in [3.63, 3.8) is 0 Å². The minimum Gasteiger partial charge on any atom is -0.468 e. The predicted molar refractivity (Wildman–Crippen MR) is 128 cm³/mol. The van der Waals surface area contributed by atoms with Gasteiger partial charge in [-0.1, -0.05) is 11.6 Å². The number of hydrogen-bond acceptors (Lipinski definition) is 6. The number of carbonyl (C=O) groups excluding carboxylic acids is 1. The van der Waals surface area contributed by atoms with E-state index in [2.05, 4.69) is 4.99 Å². The normalized spacial score (nSPS) is 23.1. The van der Waals surface area contributed by atoms with Crippen LogP contribution in [-0.4, -0.2) is 44.6 Å². The zero-order valence-electron chi connectivity index (χ0n) is 18.7. The summed E-state index contributed by atoms with van der Waals surface area (Å²) in [5, 5.41) is -0.197. The lowest BCUT2D eigenvalue weighted by Gasteiger charge is -2.44. The maximum atomic E-state index is 14.0. The molecule has 0 spiro atoms. The fraction of sp³-hybridized carbons (Fsp3) is 0.250. The fourth-order valence-electron chi connectivity index (χ4n) is 4.38. The smallest absolute Gasteiger partial charge is 0.317 e. The van der Waals surface area contributed by atoms with Crippen molar-refractivity contribution in [2.24, 2.45) is 16.1 Å². The van der Waals surface area contributed by atoms with Crippen LogP contribution in [0.15, 0.2) is 75.8 Å². The molecule has 1 aliphatic carbocycles. The van der Waals surface area contributed by atoms with Crippen molar-refractivity contribution in [2.45, 2.75) is 17.7 Å². The summed E-state index contributed by atoms with van der Waals surface area (Å²) in [5.74, 6) is -1.88. The third-order valence-electron chi connectivity index (χ3n) is 6.21. The van der Waals surface area contributed by atoms with Gasteiger partial charge in [-0.25, -0.2) is 22.2 Å². The van der Waals surface area contributed by atoms with Crippen LogP contribution >= 0.6 is 11.6 Å². The molecule has 35 heavy (non-hydrogen) atoms. The van der Waals surface area contributed by atoms with Gasteiger partial charge in [-0.3, -0.25) is 4.79 Å². The zero-order chi connectivity index (χ0) is 25.4. The molecule has 0 amide bonds. The number of benzene rings is 2. The van der Waals surface area contributed by atoms with Crippen LogP contribution in [0.3, 0.4) is 0 Å². The molecule has 0 unspecified atom stereocenters. The summed E-state index contributed by atoms with van der Waals surface area (Å²) in [7, 11) is -2.91. The van der Waals surface area contributed by atoms with Crippen molar-refractivity contribution >= 4 is 39.0 Å². The van der Waals surface area contributed by atoms with Crippen molar-refractivity contribution in [3.05, 3.63) is 82.5 Å². The number of sulfonamides is 1. The second kappa shape index (κ2) is 9.52. The standard InChI is InChI=1S/C24H22ClF2N3O4S/c1-34-23(31)24-12-15(13-28)22(29-18-4-2-17(26)3-5-18)10-16(24)8-9-30(14-24)35(32,33)19-6-7-20(25)21(27)11-19/h2-7,10-11,13H,8-9,12,14,28H2,1H3/b15-13-,29-22?/t24-/m0/s1. The molecule has 7 nitrogen and oxygen atoms in total. The lowest BCUT2D eigenvalue weighted by molar-refractivity contribution is -0.151. The second-order valence-corrected chi connectivity index (χ2v) is 10.6. The number of nitrogens with zero attached hydrogens (tertiary/aromatic N) is 2. The van der Waals surface area contributed by atoms with E-state index in [9.17, 15) is 22.0 Å². The summed E-state index contributed by atoms with van der Waals surface area (Å²) >= 11 is 5.70. The summed E-state index contributed by atoms with van der Waals surface area (Å²) < 4.78 is 60.1. The topological polar surface area (TPSA) is 102 Å². The maximum absolute atomic E-state index is 14.0. The Labute approximate surface area is 206 Å². The van der Waals surface area contributed by atoms with E-state index >= 15 is 0 Å². The summed E-state index contributed by atoms with van der Waals surface area (Å²) in [6.07, 6.45) is 3.27. The van der Waals surface area contributed by atoms with E-state index in [0.29, 0.717) is 22.5 Å². The van der Waals surface area contributed by atoms with E-state index in [1.54, 1.807) is 6.08 Å². The summed E-state index contributed by atoms with van der Waals surface area (Å²) in [6.45, 7) is -0.165. The molecular formula is C24H22ClF2N3O4S. The molecule has 2 aromatic rings. The molecular weight excluding hydrogens is 500 g/mol. The summed E-state index contributed by atoms with van der Waals surface area (Å²) in [6, 6.07) is 8.83. The van der Waals surface area contributed by atoms with Crippen molar-refractivity contribution in [3.8, 4) is 0 Å². The van der Waals surface area contributed by atoms with E-state index < -0.39 is 33.0 Å². The molecule has 2 aliphatic rings. The molecule has 0 aromatic heterocycles. The van der Waals surface area contributed by atoms with Crippen molar-refractivity contribution in [1.82, 2.24) is 4.31 Å². The zero-order valence-corrected chi connectivity index (χ0v) is 20.2. The second-order valence-electron chi connectivity index (χ2n) is 8.25. The first-order chi connectivity index (χ1) is 16.6. The van der Waals surface area contributed by atoms with E-state index in [0.717, 1.165) is 10.4 Å². The molecule has 11 heteroatoms. The van der Waals surface area contributed by atoms with Crippen molar-refractivity contribution < 1.29 is 26.7 Å². The van der Waals surface area contributed by atoms with Crippen LogP contribution in [0.2, 0.25) is 5.02 Å². The Morgan fingerprint density at radius 3 is 2.57 bits per heavy atom. The number of methoxy groups -OCH3 is 1. The van der Waals surface area contributed by atoms with E-state index in [1.165, 1.54) is 49.7 Å². The highest BCUT2D eigenvalue weighted by Gasteiger charge is 2.52. The van der Waals surface area contributed by atoms with Crippen LogP contribution in [0.25, 0.3) is 0 Å². The highest BCUT2D eigenvalue weighted by atomic mass is 35.5. The van der Waals surface area contributed by atoms with Gasteiger partial charge in [0.1, 0.15) is 17.0 Å². The minimum absolute atomic E-state index is 0.0447. The molecule has 2 N–H and O–H groups in total. The van der Waals surface area contributed by atoms with E-state index in [4.69, 9.17) is 22.1 Å². The number of allylic oxidation sites excluding steroid dienone is 2. The molecule has 4 rings (SSSR count). The molecule has 1 aliphatic heterocycles. The number of halogens is 3. The lowest BCUT2D eigenvalue weighted by atomic mass is 9.67. The molecule has 0 radical (unpaired) electrons. The third kappa shape index (κ3) is 4.61. The van der Waals surface area contributed by atoms with Gasteiger partial charge in [-0.2, -0.15) is 4.31 Å². The third-order valence-corrected chi connectivity index (χ3v) is 8.35. The number of fused-ring (bicyclic) bond motifs is 1. The lowest BCUT2D eigenvalue weighted by Crippen LogP contribution is -2.53. The predicted octanol–water partition coefficient (Wildman–Crippen LogP) is 4.12. The quantitative estimate of drug-likeness (QED) is 0.610. The number of rotatable bonds is 4. The largest absolute Gasteiger partial charge is 0.468 e. The Morgan fingerprint density at radius 2 is 1.94 bits per heavy atom. The Morgan fingerprint density at radius 1 is 1.23 bits per heavy atom. The van der Waals surface area contributed by atoms with Gasteiger partial charge in [0.25, 0.3) is 0 Å². The van der Waals surface area contributed by atoms with Crippen molar-refractivity contribution in [1.29, 1.82) is 0 Å². The van der Waals surface area contributed by atoms with Crippen LogP contribution in [0.1, 0.15) is 12.8 Å². The Bertz CT molecular complexity index is 1370. The molecule has 2 aromatic carbocycles. The van der Waals surface area contributed by atoms with Gasteiger partial charge in [-0.05, 0) is 78.7 Å². The van der Waals surface area contributed by atoms with Gasteiger partial charge in [-0.15, -0.1) is 0 Å². The minimum atomic E-state index is -4.14. The van der Waals surface area contributed by atoms with Crippen LogP contribution in [0.4, 0.5) is 14.5 Å². The van der Waals surface area contributed by atoms with Crippen LogP contribution in [0.5, 0.6) is 0 Å². The van der Waals surface area contributed by atoms with Gasteiger partial charge in [0, 0.05) is 13.1 Å². The number of nitrogens with two attached hydrogens (primary N) is 1. The molecule has 0 bridgehead atoms. The molecule has 184 valence electrons. The first-order valence-electron chi connectivity index (χ1n) is 10.6. The number of aliphatic imine (C=N–C) groups is 1. The van der Waals surface area contributed by atoms with Gasteiger partial charge in [0.15, 0.2) is 0 Å². The summed E-state index contributed by atoms with van der Waals surface area (Å²) in [5.41, 5.74) is 6.66. The highest BCUT2D eigenvalue weighted by molar-refractivity contribution is 7.89. The number of esters is 1. The van der Waals surface area contributed by atoms with Crippen LogP contribution in [-0.2, 0) is 19.6 Å². The number of hydrogen-bond donors (Lipinski definition) is 1. The van der Waals surface area contributed by atoms with E-state index in [1.807, 2.05) is 0 Å². The first-order valence-corrected chi connectivity index (χ1v) is 12.4. The van der Waals surface area contributed by atoms with Gasteiger partial charge in [0.05, 0.1) is 28.4 Å². The van der Waals surface area contributed by atoms with E-state index in [-0.39, 0.29) is 35.8 Å². The molecule has 1 saturated heterocycles. The average Bonchev–Trinajstić information content (AvgIpc) is 2.85. The number of ether oxygens (including phenoxy) is 1. The average molecular weight is 522 g/mol.